The number of amides is 2. The van der Waals surface area contributed by atoms with E-state index >= 15 is 0 Å². The van der Waals surface area contributed by atoms with E-state index in [1.165, 1.54) is 0 Å². The predicted molar refractivity (Wildman–Crippen MR) is 114 cm³/mol. The molecule has 0 radical (unpaired) electrons. The highest BCUT2D eigenvalue weighted by Crippen LogP contribution is 2.29. The molecule has 8 heteroatoms. The van der Waals surface area contributed by atoms with Crippen molar-refractivity contribution in [1.82, 2.24) is 4.90 Å². The lowest BCUT2D eigenvalue weighted by molar-refractivity contribution is -0.143. The van der Waals surface area contributed by atoms with Crippen LogP contribution in [0.3, 0.4) is 0 Å². The number of nitrogens with one attached hydrogen (secondary N) is 1. The minimum atomic E-state index is -0.700. The fraction of sp³-hybridized carbons (Fsp3) is 0.318. The molecule has 156 valence electrons. The number of benzene rings is 2. The molecule has 30 heavy (non-hydrogen) atoms. The molecule has 7 nitrogen and oxygen atoms in total. The van der Waals surface area contributed by atoms with Crippen molar-refractivity contribution in [2.24, 2.45) is 0 Å². The van der Waals surface area contributed by atoms with Crippen molar-refractivity contribution < 1.29 is 19.1 Å². The molecule has 1 fully saturated rings. The summed E-state index contributed by atoms with van der Waals surface area (Å²) in [6.45, 7) is 3.61. The summed E-state index contributed by atoms with van der Waals surface area (Å²) in [5.74, 6) is -1.17. The predicted octanol–water partition coefficient (Wildman–Crippen LogP) is 2.87. The zero-order chi connectivity index (χ0) is 21.3. The maximum absolute atomic E-state index is 12.7. The molecule has 2 aromatic carbocycles. The molecular formula is C22H22ClN3O4. The molecule has 1 saturated heterocycles. The van der Waals surface area contributed by atoms with Crippen LogP contribution in [0, 0.1) is 0 Å². The minimum absolute atomic E-state index is 0.107. The fourth-order valence-electron chi connectivity index (χ4n) is 3.88. The lowest BCUT2D eigenvalue weighted by atomic mass is 10.1. The zero-order valence-electron chi connectivity index (χ0n) is 16.6. The number of rotatable bonds is 3. The average Bonchev–Trinajstić information content (AvgIpc) is 3.12. The second-order valence-electron chi connectivity index (χ2n) is 7.41. The van der Waals surface area contributed by atoms with E-state index in [1.807, 2.05) is 24.3 Å². The molecule has 0 aliphatic carbocycles. The highest BCUT2D eigenvalue weighted by atomic mass is 35.5. The molecule has 2 aliphatic heterocycles. The van der Waals surface area contributed by atoms with Gasteiger partial charge in [0, 0.05) is 53.7 Å². The monoisotopic (exact) mass is 427 g/mol. The van der Waals surface area contributed by atoms with Crippen molar-refractivity contribution in [3.05, 3.63) is 53.1 Å². The van der Waals surface area contributed by atoms with E-state index in [-0.39, 0.29) is 18.4 Å². The van der Waals surface area contributed by atoms with Gasteiger partial charge < -0.3 is 19.9 Å². The normalized spacial score (nSPS) is 18.1. The standard InChI is InChI=1S/C22H22ClN3O4/c1-2-17-13-25(9-10-26(17)18-7-4-15(23)5-8-18)22(29)21(28)24-16-6-3-14-11-20(27)30-19(14)12-16/h3-8,12,17H,2,9-11,13H2,1H3,(H,24,28)/t17-/m1/s1. The second-order valence-corrected chi connectivity index (χ2v) is 7.85. The molecule has 2 heterocycles. The second kappa shape index (κ2) is 8.36. The lowest BCUT2D eigenvalue weighted by Crippen LogP contribution is -2.56. The summed E-state index contributed by atoms with van der Waals surface area (Å²) in [4.78, 5) is 40.5. The lowest BCUT2D eigenvalue weighted by Gasteiger charge is -2.42. The molecule has 2 amide bonds. The zero-order valence-corrected chi connectivity index (χ0v) is 17.3. The number of nitrogens with zero attached hydrogens (tertiary/aromatic N) is 2. The van der Waals surface area contributed by atoms with Gasteiger partial charge in [0.2, 0.25) is 0 Å². The number of carbonyl (C=O) groups excluding carboxylic acids is 3. The summed E-state index contributed by atoms with van der Waals surface area (Å²) in [7, 11) is 0. The van der Waals surface area contributed by atoms with E-state index in [9.17, 15) is 14.4 Å². The third-order valence-electron chi connectivity index (χ3n) is 5.48. The topological polar surface area (TPSA) is 79.0 Å². The van der Waals surface area contributed by atoms with Crippen molar-refractivity contribution in [2.75, 3.05) is 29.9 Å². The van der Waals surface area contributed by atoms with E-state index in [1.54, 1.807) is 23.1 Å². The Bertz CT molecular complexity index is 992. The number of ether oxygens (including phenoxy) is 1. The molecule has 0 aromatic heterocycles. The highest BCUT2D eigenvalue weighted by Gasteiger charge is 2.32. The first-order valence-corrected chi connectivity index (χ1v) is 10.3. The third-order valence-corrected chi connectivity index (χ3v) is 5.73. The van der Waals surface area contributed by atoms with Crippen LogP contribution in [0.4, 0.5) is 11.4 Å². The van der Waals surface area contributed by atoms with Crippen molar-refractivity contribution in [1.29, 1.82) is 0 Å². The molecule has 0 saturated carbocycles. The van der Waals surface area contributed by atoms with Crippen LogP contribution in [0.15, 0.2) is 42.5 Å². The van der Waals surface area contributed by atoms with E-state index in [4.69, 9.17) is 16.3 Å². The van der Waals surface area contributed by atoms with E-state index in [2.05, 4.69) is 17.1 Å². The van der Waals surface area contributed by atoms with Gasteiger partial charge in [0.25, 0.3) is 0 Å². The first-order valence-electron chi connectivity index (χ1n) is 9.90. The van der Waals surface area contributed by atoms with Gasteiger partial charge >= 0.3 is 17.8 Å². The van der Waals surface area contributed by atoms with Gasteiger partial charge in [-0.1, -0.05) is 24.6 Å². The van der Waals surface area contributed by atoms with Crippen LogP contribution in [-0.2, 0) is 20.8 Å². The number of hydrogen-bond acceptors (Lipinski definition) is 5. The van der Waals surface area contributed by atoms with Gasteiger partial charge in [0.05, 0.1) is 6.42 Å². The molecule has 0 spiro atoms. The minimum Gasteiger partial charge on any atom is -0.426 e. The van der Waals surface area contributed by atoms with Crippen LogP contribution in [-0.4, -0.2) is 48.4 Å². The summed E-state index contributed by atoms with van der Waals surface area (Å²) in [6, 6.07) is 12.7. The summed E-state index contributed by atoms with van der Waals surface area (Å²) in [5.41, 5.74) is 2.25. The fourth-order valence-corrected chi connectivity index (χ4v) is 4.00. The number of halogens is 1. The molecular weight excluding hydrogens is 406 g/mol. The van der Waals surface area contributed by atoms with Gasteiger partial charge in [0.1, 0.15) is 5.75 Å². The Labute approximate surface area is 179 Å². The van der Waals surface area contributed by atoms with Gasteiger partial charge in [-0.25, -0.2) is 0 Å². The summed E-state index contributed by atoms with van der Waals surface area (Å²) >= 11 is 5.98. The Morgan fingerprint density at radius 1 is 1.17 bits per heavy atom. The van der Waals surface area contributed by atoms with Crippen molar-refractivity contribution in [3.8, 4) is 5.75 Å². The van der Waals surface area contributed by atoms with Crippen molar-refractivity contribution >= 4 is 40.8 Å². The third kappa shape index (κ3) is 4.11. The Kier molecular flexibility index (Phi) is 5.63. The molecule has 1 atom stereocenters. The first-order chi connectivity index (χ1) is 14.4. The van der Waals surface area contributed by atoms with E-state index < -0.39 is 11.8 Å². The number of carbonyl (C=O) groups is 3. The van der Waals surface area contributed by atoms with Gasteiger partial charge in [-0.2, -0.15) is 0 Å². The number of anilines is 2. The Morgan fingerprint density at radius 3 is 2.67 bits per heavy atom. The van der Waals surface area contributed by atoms with Crippen LogP contribution in [0.2, 0.25) is 5.02 Å². The van der Waals surface area contributed by atoms with Crippen LogP contribution in [0.1, 0.15) is 18.9 Å². The van der Waals surface area contributed by atoms with Crippen LogP contribution in [0.25, 0.3) is 0 Å². The molecule has 0 unspecified atom stereocenters. The Hall–Kier alpha value is -3.06. The SMILES string of the molecule is CC[C@@H]1CN(C(=O)C(=O)Nc2ccc3c(c2)OC(=O)C3)CCN1c1ccc(Cl)cc1. The quantitative estimate of drug-likeness (QED) is 0.463. The summed E-state index contributed by atoms with van der Waals surface area (Å²) in [5, 5.41) is 3.30. The van der Waals surface area contributed by atoms with Crippen LogP contribution < -0.4 is 15.0 Å². The van der Waals surface area contributed by atoms with Crippen LogP contribution in [0.5, 0.6) is 5.75 Å². The van der Waals surface area contributed by atoms with Gasteiger partial charge in [-0.3, -0.25) is 14.4 Å². The average molecular weight is 428 g/mol. The van der Waals surface area contributed by atoms with Crippen LogP contribution >= 0.6 is 11.6 Å². The van der Waals surface area contributed by atoms with Gasteiger partial charge in [0.15, 0.2) is 0 Å². The van der Waals surface area contributed by atoms with Gasteiger partial charge in [-0.05, 0) is 36.8 Å². The summed E-state index contributed by atoms with van der Waals surface area (Å²) in [6.07, 6.45) is 1.06. The Morgan fingerprint density at radius 2 is 1.93 bits per heavy atom. The van der Waals surface area contributed by atoms with Crippen molar-refractivity contribution in [2.45, 2.75) is 25.8 Å². The van der Waals surface area contributed by atoms with E-state index in [0.717, 1.165) is 17.7 Å². The number of esters is 1. The number of fused-ring (bicyclic) bond motifs is 1. The number of hydrogen-bond donors (Lipinski definition) is 1. The van der Waals surface area contributed by atoms with E-state index in [0.29, 0.717) is 36.1 Å². The highest BCUT2D eigenvalue weighted by molar-refractivity contribution is 6.39. The maximum Gasteiger partial charge on any atom is 0.315 e. The maximum atomic E-state index is 12.7. The Balaban J connectivity index is 1.40. The van der Waals surface area contributed by atoms with Crippen molar-refractivity contribution in [3.63, 3.8) is 0 Å². The summed E-state index contributed by atoms with van der Waals surface area (Å²) < 4.78 is 5.10. The molecule has 2 aliphatic rings. The molecule has 0 bridgehead atoms. The van der Waals surface area contributed by atoms with Gasteiger partial charge in [-0.15, -0.1) is 0 Å². The first kappa shape index (κ1) is 20.2. The molecule has 4 rings (SSSR count). The molecule has 1 N–H and O–H groups in total. The molecule has 2 aromatic rings. The number of piperazine rings is 1. The largest absolute Gasteiger partial charge is 0.426 e. The smallest absolute Gasteiger partial charge is 0.315 e.